The lowest BCUT2D eigenvalue weighted by atomic mass is 10.1. The molecule has 0 aliphatic rings. The molecule has 0 saturated carbocycles. The summed E-state index contributed by atoms with van der Waals surface area (Å²) in [7, 11) is 0. The summed E-state index contributed by atoms with van der Waals surface area (Å²) in [4.78, 5) is 4.33. The Kier molecular flexibility index (Phi) is 5.18. The number of nitrogens with zero attached hydrogens (tertiary/aromatic N) is 1. The van der Waals surface area contributed by atoms with Crippen LogP contribution in [0.1, 0.15) is 20.3 Å². The second-order valence-electron chi connectivity index (χ2n) is 5.35. The number of anilines is 2. The summed E-state index contributed by atoms with van der Waals surface area (Å²) in [6.45, 7) is 6.74. The number of aromatic nitrogens is 1. The summed E-state index contributed by atoms with van der Waals surface area (Å²) in [5.41, 5.74) is 8.63. The van der Waals surface area contributed by atoms with Gasteiger partial charge in [0, 0.05) is 25.1 Å². The Balaban J connectivity index is 1.91. The standard InChI is InChI=1S/C16H23N3O/c1-12(2)11-20-9-5-8-18-16-13-6-3-4-7-15(13)19-10-14(16)17/h3-4,6-7,10,12H,5,8-9,11,17H2,1-2H3,(H,18,19). The molecule has 0 saturated heterocycles. The molecule has 0 spiro atoms. The Morgan fingerprint density at radius 1 is 1.30 bits per heavy atom. The van der Waals surface area contributed by atoms with Crippen molar-refractivity contribution in [3.8, 4) is 0 Å². The Hall–Kier alpha value is -1.81. The Morgan fingerprint density at radius 2 is 2.10 bits per heavy atom. The van der Waals surface area contributed by atoms with Crippen LogP contribution in [0.4, 0.5) is 11.4 Å². The molecule has 0 unspecified atom stereocenters. The average Bonchev–Trinajstić information content (AvgIpc) is 2.44. The molecule has 20 heavy (non-hydrogen) atoms. The molecular weight excluding hydrogens is 250 g/mol. The molecule has 1 heterocycles. The van der Waals surface area contributed by atoms with Crippen LogP contribution < -0.4 is 11.1 Å². The lowest BCUT2D eigenvalue weighted by molar-refractivity contribution is 0.110. The highest BCUT2D eigenvalue weighted by atomic mass is 16.5. The monoisotopic (exact) mass is 273 g/mol. The quantitative estimate of drug-likeness (QED) is 0.760. The number of nitrogens with one attached hydrogen (secondary N) is 1. The van der Waals surface area contributed by atoms with Gasteiger partial charge < -0.3 is 15.8 Å². The van der Waals surface area contributed by atoms with E-state index in [9.17, 15) is 0 Å². The van der Waals surface area contributed by atoms with E-state index < -0.39 is 0 Å². The van der Waals surface area contributed by atoms with Crippen molar-refractivity contribution in [2.24, 2.45) is 5.92 Å². The molecule has 0 aliphatic carbocycles. The number of fused-ring (bicyclic) bond motifs is 1. The number of hydrogen-bond acceptors (Lipinski definition) is 4. The molecule has 2 rings (SSSR count). The van der Waals surface area contributed by atoms with E-state index in [4.69, 9.17) is 10.5 Å². The second kappa shape index (κ2) is 7.10. The fraction of sp³-hybridized carbons (Fsp3) is 0.438. The van der Waals surface area contributed by atoms with Crippen LogP contribution in [0.15, 0.2) is 30.5 Å². The molecule has 3 N–H and O–H groups in total. The van der Waals surface area contributed by atoms with Crippen molar-refractivity contribution < 1.29 is 4.74 Å². The van der Waals surface area contributed by atoms with Gasteiger partial charge in [-0.3, -0.25) is 4.98 Å². The fourth-order valence-corrected chi connectivity index (χ4v) is 2.06. The Bertz CT molecular complexity index is 554. The summed E-state index contributed by atoms with van der Waals surface area (Å²) >= 11 is 0. The van der Waals surface area contributed by atoms with Crippen LogP contribution in [-0.2, 0) is 4.74 Å². The maximum Gasteiger partial charge on any atom is 0.0743 e. The lowest BCUT2D eigenvalue weighted by Gasteiger charge is -2.12. The van der Waals surface area contributed by atoms with Gasteiger partial charge in [0.05, 0.1) is 23.1 Å². The number of rotatable bonds is 7. The van der Waals surface area contributed by atoms with Gasteiger partial charge in [-0.15, -0.1) is 0 Å². The van der Waals surface area contributed by atoms with E-state index in [-0.39, 0.29) is 0 Å². The van der Waals surface area contributed by atoms with Crippen LogP contribution in [0.3, 0.4) is 0 Å². The third-order valence-electron chi connectivity index (χ3n) is 3.02. The van der Waals surface area contributed by atoms with E-state index in [2.05, 4.69) is 24.1 Å². The van der Waals surface area contributed by atoms with Crippen LogP contribution in [0, 0.1) is 5.92 Å². The molecule has 0 fully saturated rings. The van der Waals surface area contributed by atoms with E-state index in [1.807, 2.05) is 24.3 Å². The number of nitrogen functional groups attached to an aromatic ring is 1. The van der Waals surface area contributed by atoms with Gasteiger partial charge in [0.15, 0.2) is 0 Å². The molecule has 0 bridgehead atoms. The lowest BCUT2D eigenvalue weighted by Crippen LogP contribution is -2.10. The summed E-state index contributed by atoms with van der Waals surface area (Å²) in [5.74, 6) is 0.586. The SMILES string of the molecule is CC(C)COCCCNc1c(N)cnc2ccccc12. The van der Waals surface area contributed by atoms with Gasteiger partial charge in [-0.25, -0.2) is 0 Å². The number of para-hydroxylation sites is 1. The first-order valence-corrected chi connectivity index (χ1v) is 7.13. The third kappa shape index (κ3) is 3.84. The van der Waals surface area contributed by atoms with Gasteiger partial charge >= 0.3 is 0 Å². The zero-order chi connectivity index (χ0) is 14.4. The predicted octanol–water partition coefficient (Wildman–Crippen LogP) is 3.29. The van der Waals surface area contributed by atoms with E-state index in [1.165, 1.54) is 0 Å². The van der Waals surface area contributed by atoms with E-state index >= 15 is 0 Å². The topological polar surface area (TPSA) is 60.2 Å². The van der Waals surface area contributed by atoms with Crippen molar-refractivity contribution in [3.05, 3.63) is 30.5 Å². The van der Waals surface area contributed by atoms with Crippen molar-refractivity contribution in [1.29, 1.82) is 0 Å². The van der Waals surface area contributed by atoms with Crippen molar-refractivity contribution >= 4 is 22.3 Å². The number of nitrogens with two attached hydrogens (primary N) is 1. The van der Waals surface area contributed by atoms with Crippen LogP contribution in [0.5, 0.6) is 0 Å². The minimum atomic E-state index is 0.586. The molecule has 1 aromatic heterocycles. The molecule has 2 aromatic rings. The molecular formula is C16H23N3O. The summed E-state index contributed by atoms with van der Waals surface area (Å²) in [6, 6.07) is 8.01. The Labute approximate surface area is 120 Å². The molecule has 4 nitrogen and oxygen atoms in total. The largest absolute Gasteiger partial charge is 0.396 e. The highest BCUT2D eigenvalue weighted by Crippen LogP contribution is 2.27. The van der Waals surface area contributed by atoms with Crippen molar-refractivity contribution in [2.75, 3.05) is 30.8 Å². The fourth-order valence-electron chi connectivity index (χ4n) is 2.06. The summed E-state index contributed by atoms with van der Waals surface area (Å²) in [5, 5.41) is 4.46. The zero-order valence-electron chi connectivity index (χ0n) is 12.2. The van der Waals surface area contributed by atoms with Gasteiger partial charge in [0.1, 0.15) is 0 Å². The first-order chi connectivity index (χ1) is 9.68. The number of pyridine rings is 1. The van der Waals surface area contributed by atoms with Crippen LogP contribution in [-0.4, -0.2) is 24.7 Å². The van der Waals surface area contributed by atoms with Crippen LogP contribution >= 0.6 is 0 Å². The van der Waals surface area contributed by atoms with Gasteiger partial charge in [0.2, 0.25) is 0 Å². The van der Waals surface area contributed by atoms with E-state index in [0.717, 1.165) is 42.8 Å². The number of benzene rings is 1. The number of ether oxygens (including phenoxy) is 1. The molecule has 4 heteroatoms. The smallest absolute Gasteiger partial charge is 0.0743 e. The molecule has 108 valence electrons. The molecule has 0 aliphatic heterocycles. The summed E-state index contributed by atoms with van der Waals surface area (Å²) < 4.78 is 5.57. The Morgan fingerprint density at radius 3 is 2.90 bits per heavy atom. The maximum atomic E-state index is 6.01. The third-order valence-corrected chi connectivity index (χ3v) is 3.02. The van der Waals surface area contributed by atoms with Crippen molar-refractivity contribution in [2.45, 2.75) is 20.3 Å². The van der Waals surface area contributed by atoms with Gasteiger partial charge in [-0.2, -0.15) is 0 Å². The van der Waals surface area contributed by atoms with Gasteiger partial charge in [-0.05, 0) is 18.4 Å². The van der Waals surface area contributed by atoms with Gasteiger partial charge in [-0.1, -0.05) is 32.0 Å². The minimum absolute atomic E-state index is 0.586. The van der Waals surface area contributed by atoms with Gasteiger partial charge in [0.25, 0.3) is 0 Å². The molecule has 0 amide bonds. The normalized spacial score (nSPS) is 11.2. The first kappa shape index (κ1) is 14.6. The maximum absolute atomic E-state index is 6.01. The van der Waals surface area contributed by atoms with E-state index in [1.54, 1.807) is 6.20 Å². The van der Waals surface area contributed by atoms with E-state index in [0.29, 0.717) is 11.6 Å². The minimum Gasteiger partial charge on any atom is -0.396 e. The predicted molar refractivity (Wildman–Crippen MR) is 84.9 cm³/mol. The molecule has 0 atom stereocenters. The highest BCUT2D eigenvalue weighted by Gasteiger charge is 2.05. The zero-order valence-corrected chi connectivity index (χ0v) is 12.2. The van der Waals surface area contributed by atoms with Crippen molar-refractivity contribution in [1.82, 2.24) is 4.98 Å². The average molecular weight is 273 g/mol. The highest BCUT2D eigenvalue weighted by molar-refractivity contribution is 5.96. The second-order valence-corrected chi connectivity index (χ2v) is 5.35. The van der Waals surface area contributed by atoms with Crippen LogP contribution in [0.2, 0.25) is 0 Å². The first-order valence-electron chi connectivity index (χ1n) is 7.13. The molecule has 0 radical (unpaired) electrons. The van der Waals surface area contributed by atoms with Crippen LogP contribution in [0.25, 0.3) is 10.9 Å². The summed E-state index contributed by atoms with van der Waals surface area (Å²) in [6.07, 6.45) is 2.67. The van der Waals surface area contributed by atoms with Crippen molar-refractivity contribution in [3.63, 3.8) is 0 Å². The number of hydrogen-bond donors (Lipinski definition) is 2. The molecule has 1 aromatic carbocycles.